The monoisotopic (exact) mass is 464 g/mol. The molecule has 0 amide bonds. The van der Waals surface area contributed by atoms with E-state index >= 15 is 8.78 Å². The molecule has 3 aromatic rings. The van der Waals surface area contributed by atoms with Crippen molar-refractivity contribution in [1.82, 2.24) is 10.2 Å². The molecule has 0 aliphatic heterocycles. The van der Waals surface area contributed by atoms with Gasteiger partial charge in [0.25, 0.3) is 0 Å². The number of nitrogens with zero attached hydrogens (tertiary/aromatic N) is 1. The average Bonchev–Trinajstić information content (AvgIpc) is 3.41. The van der Waals surface area contributed by atoms with E-state index in [1.807, 2.05) is 0 Å². The van der Waals surface area contributed by atoms with Gasteiger partial charge in [-0.15, -0.1) is 0 Å². The maximum atomic E-state index is 15.3. The number of fused-ring (bicyclic) bond motifs is 1. The number of H-pyrrole nitrogens is 1. The molecule has 1 aliphatic rings. The van der Waals surface area contributed by atoms with Gasteiger partial charge in [-0.05, 0) is 30.9 Å². The van der Waals surface area contributed by atoms with Crippen LogP contribution in [0.1, 0.15) is 55.1 Å². The lowest BCUT2D eigenvalue weighted by atomic mass is 9.99. The van der Waals surface area contributed by atoms with Crippen LogP contribution in [-0.4, -0.2) is 30.2 Å². The number of Topliss-reactive ketones (excluding diaryl/α,β-unsaturated/α-hetero) is 1. The van der Waals surface area contributed by atoms with Gasteiger partial charge in [-0.2, -0.15) is 5.10 Å². The van der Waals surface area contributed by atoms with Crippen molar-refractivity contribution in [1.29, 1.82) is 0 Å². The first kappa shape index (κ1) is 22.5. The van der Waals surface area contributed by atoms with Crippen LogP contribution in [0, 0.1) is 23.4 Å². The van der Waals surface area contributed by atoms with Gasteiger partial charge in [0.2, 0.25) is 0 Å². The summed E-state index contributed by atoms with van der Waals surface area (Å²) >= 11 is 0. The fraction of sp³-hybridized carbons (Fsp3) is 0.391. The standard InChI is InChI=1S/C23H23F3N2O3S/c1-2-18(29)22-16-9-8-15(21(26)23(16)28-27-22)19-17(24)10-7-14(20(19)25)12-32(30,31)11-13-5-3-4-6-13/h7-10,13H,2-6,11-12H2,1H3,(H,27,28). The summed E-state index contributed by atoms with van der Waals surface area (Å²) in [5.41, 5.74) is -1.32. The van der Waals surface area contributed by atoms with Crippen molar-refractivity contribution in [2.45, 2.75) is 44.8 Å². The number of sulfone groups is 1. The van der Waals surface area contributed by atoms with Crippen molar-refractivity contribution < 1.29 is 26.4 Å². The van der Waals surface area contributed by atoms with Gasteiger partial charge >= 0.3 is 0 Å². The molecule has 2 aromatic carbocycles. The molecule has 170 valence electrons. The molecule has 0 bridgehead atoms. The number of hydrogen-bond acceptors (Lipinski definition) is 4. The zero-order valence-corrected chi connectivity index (χ0v) is 18.4. The summed E-state index contributed by atoms with van der Waals surface area (Å²) < 4.78 is 70.3. The van der Waals surface area contributed by atoms with Crippen LogP contribution in [0.3, 0.4) is 0 Å². The zero-order valence-electron chi connectivity index (χ0n) is 17.6. The van der Waals surface area contributed by atoms with E-state index in [2.05, 4.69) is 10.2 Å². The number of aromatic amines is 1. The number of rotatable bonds is 7. The molecule has 1 N–H and O–H groups in total. The minimum absolute atomic E-state index is 0.0407. The second-order valence-electron chi connectivity index (χ2n) is 8.30. The molecule has 0 radical (unpaired) electrons. The Labute approximate surface area is 183 Å². The Balaban J connectivity index is 1.73. The first-order valence-electron chi connectivity index (χ1n) is 10.6. The van der Waals surface area contributed by atoms with Crippen molar-refractivity contribution >= 4 is 26.5 Å². The number of halogens is 3. The average molecular weight is 465 g/mol. The number of nitrogens with one attached hydrogen (secondary N) is 1. The van der Waals surface area contributed by atoms with E-state index in [0.29, 0.717) is 0 Å². The largest absolute Gasteiger partial charge is 0.292 e. The summed E-state index contributed by atoms with van der Waals surface area (Å²) in [5, 5.41) is 6.51. The summed E-state index contributed by atoms with van der Waals surface area (Å²) in [6, 6.07) is 4.59. The number of benzene rings is 2. The maximum absolute atomic E-state index is 15.3. The van der Waals surface area contributed by atoms with Gasteiger partial charge in [0.05, 0.1) is 17.1 Å². The number of carbonyl (C=O) groups excluding carboxylic acids is 1. The number of ketones is 1. The third-order valence-electron chi connectivity index (χ3n) is 6.05. The molecule has 1 aromatic heterocycles. The number of carbonyl (C=O) groups is 1. The van der Waals surface area contributed by atoms with Gasteiger partial charge in [0.15, 0.2) is 21.4 Å². The Morgan fingerprint density at radius 2 is 1.81 bits per heavy atom. The van der Waals surface area contributed by atoms with E-state index in [1.54, 1.807) is 6.92 Å². The van der Waals surface area contributed by atoms with Crippen LogP contribution >= 0.6 is 0 Å². The van der Waals surface area contributed by atoms with Gasteiger partial charge in [-0.3, -0.25) is 9.89 Å². The van der Waals surface area contributed by atoms with E-state index in [1.165, 1.54) is 12.1 Å². The predicted octanol–water partition coefficient (Wildman–Crippen LogP) is 5.34. The highest BCUT2D eigenvalue weighted by Gasteiger charge is 2.27. The van der Waals surface area contributed by atoms with Crippen LogP contribution in [0.25, 0.3) is 22.0 Å². The first-order valence-corrected chi connectivity index (χ1v) is 12.4. The van der Waals surface area contributed by atoms with Crippen LogP contribution < -0.4 is 0 Å². The summed E-state index contributed by atoms with van der Waals surface area (Å²) in [6.45, 7) is 1.65. The number of aromatic nitrogens is 2. The minimum atomic E-state index is -3.62. The van der Waals surface area contributed by atoms with Crippen LogP contribution in [0.4, 0.5) is 13.2 Å². The smallest absolute Gasteiger partial charge is 0.180 e. The summed E-state index contributed by atoms with van der Waals surface area (Å²) in [4.78, 5) is 12.0. The molecule has 0 unspecified atom stereocenters. The molecule has 4 rings (SSSR count). The summed E-state index contributed by atoms with van der Waals surface area (Å²) in [5.74, 6) is -3.95. The van der Waals surface area contributed by atoms with Crippen molar-refractivity contribution in [3.63, 3.8) is 0 Å². The van der Waals surface area contributed by atoms with Crippen LogP contribution in [0.2, 0.25) is 0 Å². The second kappa shape index (κ2) is 8.69. The van der Waals surface area contributed by atoms with Gasteiger partial charge in [-0.25, -0.2) is 21.6 Å². The fourth-order valence-electron chi connectivity index (χ4n) is 4.42. The van der Waals surface area contributed by atoms with Crippen LogP contribution in [0.5, 0.6) is 0 Å². The van der Waals surface area contributed by atoms with E-state index in [4.69, 9.17) is 0 Å². The Hall–Kier alpha value is -2.68. The molecular formula is C23H23F3N2O3S. The molecule has 5 nitrogen and oxygen atoms in total. The highest BCUT2D eigenvalue weighted by Crippen LogP contribution is 2.35. The van der Waals surface area contributed by atoms with E-state index < -0.39 is 38.6 Å². The Kier molecular flexibility index (Phi) is 6.11. The molecule has 0 spiro atoms. The lowest BCUT2D eigenvalue weighted by Gasteiger charge is -2.13. The van der Waals surface area contributed by atoms with Crippen molar-refractivity contribution in [3.05, 3.63) is 53.0 Å². The fourth-order valence-corrected chi connectivity index (χ4v) is 6.28. The molecular weight excluding hydrogens is 441 g/mol. The summed E-state index contributed by atoms with van der Waals surface area (Å²) in [6.07, 6.45) is 3.80. The minimum Gasteiger partial charge on any atom is -0.292 e. The third-order valence-corrected chi connectivity index (χ3v) is 7.78. The van der Waals surface area contributed by atoms with Crippen molar-refractivity contribution in [2.24, 2.45) is 5.92 Å². The molecule has 0 saturated heterocycles. The molecule has 9 heteroatoms. The molecule has 0 atom stereocenters. The van der Waals surface area contributed by atoms with Crippen LogP contribution in [-0.2, 0) is 15.6 Å². The highest BCUT2D eigenvalue weighted by molar-refractivity contribution is 7.90. The topological polar surface area (TPSA) is 79.9 Å². The van der Waals surface area contributed by atoms with Gasteiger partial charge in [-0.1, -0.05) is 31.9 Å². The van der Waals surface area contributed by atoms with Gasteiger partial charge < -0.3 is 0 Å². The predicted molar refractivity (Wildman–Crippen MR) is 115 cm³/mol. The van der Waals surface area contributed by atoms with E-state index in [-0.39, 0.29) is 51.6 Å². The van der Waals surface area contributed by atoms with Crippen LogP contribution in [0.15, 0.2) is 24.3 Å². The first-order chi connectivity index (χ1) is 15.2. The Bertz CT molecular complexity index is 1300. The zero-order chi connectivity index (χ0) is 23.0. The van der Waals surface area contributed by atoms with Crippen molar-refractivity contribution in [2.75, 3.05) is 5.75 Å². The van der Waals surface area contributed by atoms with E-state index in [9.17, 15) is 17.6 Å². The number of hydrogen-bond donors (Lipinski definition) is 1. The normalized spacial score (nSPS) is 15.0. The second-order valence-corrected chi connectivity index (χ2v) is 10.4. The Morgan fingerprint density at radius 3 is 2.50 bits per heavy atom. The molecule has 1 aliphatic carbocycles. The highest BCUT2D eigenvalue weighted by atomic mass is 32.2. The lowest BCUT2D eigenvalue weighted by Crippen LogP contribution is -2.16. The molecule has 1 heterocycles. The summed E-state index contributed by atoms with van der Waals surface area (Å²) in [7, 11) is -3.62. The quantitative estimate of drug-likeness (QED) is 0.479. The lowest BCUT2D eigenvalue weighted by molar-refractivity contribution is 0.0985. The molecule has 1 saturated carbocycles. The van der Waals surface area contributed by atoms with Gasteiger partial charge in [0.1, 0.15) is 22.8 Å². The molecule has 1 fully saturated rings. The maximum Gasteiger partial charge on any atom is 0.180 e. The van der Waals surface area contributed by atoms with Crippen molar-refractivity contribution in [3.8, 4) is 11.1 Å². The Morgan fingerprint density at radius 1 is 1.09 bits per heavy atom. The SMILES string of the molecule is CCC(=O)c1[nH]nc2c(F)c(-c3c(F)ccc(CS(=O)(=O)CC4CCCC4)c3F)ccc12. The van der Waals surface area contributed by atoms with Gasteiger partial charge in [0, 0.05) is 22.9 Å². The molecule has 32 heavy (non-hydrogen) atoms. The van der Waals surface area contributed by atoms with E-state index in [0.717, 1.165) is 37.8 Å². The third kappa shape index (κ3) is 4.18.